The number of phosphoric acid groups is 1. The summed E-state index contributed by atoms with van der Waals surface area (Å²) in [4.78, 5) is 64.7. The van der Waals surface area contributed by atoms with Crippen LogP contribution in [0.1, 0.15) is 150 Å². The van der Waals surface area contributed by atoms with E-state index in [0.717, 1.165) is 25.7 Å². The molecule has 6 N–H and O–H groups in total. The Kier molecular flexibility index (Phi) is 20.9. The van der Waals surface area contributed by atoms with Crippen molar-refractivity contribution in [1.29, 1.82) is 0 Å². The molecule has 0 saturated carbocycles. The number of imidazole rings is 2. The minimum absolute atomic E-state index is 0.00472. The van der Waals surface area contributed by atoms with Crippen LogP contribution in [0.2, 0.25) is 0 Å². The summed E-state index contributed by atoms with van der Waals surface area (Å²) in [6, 6.07) is 0. The number of rotatable bonds is 31. The zero-order chi connectivity index (χ0) is 50.4. The number of H-pyrrole nitrogens is 1. The van der Waals surface area contributed by atoms with Gasteiger partial charge in [-0.05, 0) is 34.1 Å². The molecule has 0 bridgehead atoms. The number of nitrogen functional groups attached to an aromatic ring is 2. The maximum absolute atomic E-state index is 15.1. The maximum Gasteiger partial charge on any atom is 0.472 e. The van der Waals surface area contributed by atoms with E-state index < -0.39 is 68.4 Å². The highest BCUT2D eigenvalue weighted by Crippen LogP contribution is 2.50. The first-order valence-electron chi connectivity index (χ1n) is 25.3. The molecule has 0 aliphatic carbocycles. The maximum atomic E-state index is 15.1. The van der Waals surface area contributed by atoms with Crippen LogP contribution in [0, 0.1) is 5.92 Å². The Labute approximate surface area is 410 Å². The van der Waals surface area contributed by atoms with E-state index in [1.807, 2.05) is 13.8 Å². The van der Waals surface area contributed by atoms with Crippen LogP contribution in [0.15, 0.2) is 23.8 Å². The third kappa shape index (κ3) is 14.5. The van der Waals surface area contributed by atoms with Crippen LogP contribution in [0.4, 0.5) is 11.8 Å². The molecule has 2 saturated heterocycles. The van der Waals surface area contributed by atoms with Gasteiger partial charge in [-0.15, -0.1) is 0 Å². The number of nitrogens with two attached hydrogens (primary N) is 2. The van der Waals surface area contributed by atoms with Crippen LogP contribution in [-0.2, 0) is 42.1 Å². The fraction of sp³-hybridized carbons (Fsp3) is 0.766. The number of phosphoric ester groups is 1. The molecular formula is C47H78N11O11P. The number of fused-ring (bicyclic) bond motifs is 2. The molecule has 70 heavy (non-hydrogen) atoms. The minimum Gasteiger partial charge on any atom is -0.382 e. The molecule has 0 aromatic carbocycles. The molecule has 2 fully saturated rings. The number of carbonyl (C=O) groups is 1. The Hall–Kier alpha value is -4.12. The lowest BCUT2D eigenvalue weighted by atomic mass is 9.93. The molecule has 2 aliphatic rings. The Bertz CT molecular complexity index is 2350. The highest BCUT2D eigenvalue weighted by atomic mass is 31.2. The molecule has 0 spiro atoms. The summed E-state index contributed by atoms with van der Waals surface area (Å²) >= 11 is 0. The molecule has 9 atom stereocenters. The zero-order valence-corrected chi connectivity index (χ0v) is 43.0. The Morgan fingerprint density at radius 1 is 0.786 bits per heavy atom. The van der Waals surface area contributed by atoms with Gasteiger partial charge in [-0.25, -0.2) is 24.5 Å². The summed E-state index contributed by atoms with van der Waals surface area (Å²) in [7, 11) is -1.76. The first kappa shape index (κ1) is 55.2. The van der Waals surface area contributed by atoms with Crippen LogP contribution in [0.5, 0.6) is 0 Å². The second-order valence-corrected chi connectivity index (χ2v) is 20.5. The predicted molar refractivity (Wildman–Crippen MR) is 263 cm³/mol. The molecule has 4 aromatic rings. The van der Waals surface area contributed by atoms with E-state index in [1.54, 1.807) is 36.8 Å². The van der Waals surface area contributed by atoms with Gasteiger partial charge in [0.2, 0.25) is 11.9 Å². The minimum atomic E-state index is -4.74. The number of hydrogen-bond acceptors (Lipinski definition) is 17. The SMILES string of the molecule is CCCCCCCCCCCCCCCCCN(C[C@H]1O[C@@H](n2cnc3c(=O)[nH]c(N)nc32)[C@H](OC)[C@@H]1OP(=O)(O)OC(C)C)C(=O)C[C@H]1[C@@H](OC)[C@H](n2cnc3c(N)ncnc32)O[C@@H]1COC(C)C. The zero-order valence-electron chi connectivity index (χ0n) is 42.1. The van der Waals surface area contributed by atoms with Crippen molar-refractivity contribution in [3.63, 3.8) is 0 Å². The lowest BCUT2D eigenvalue weighted by molar-refractivity contribution is -0.137. The summed E-state index contributed by atoms with van der Waals surface area (Å²) in [5, 5.41) is 0. The first-order valence-corrected chi connectivity index (χ1v) is 26.8. The van der Waals surface area contributed by atoms with Crippen molar-refractivity contribution in [2.24, 2.45) is 5.92 Å². The first-order chi connectivity index (χ1) is 33.7. The normalized spacial score (nSPS) is 23.6. The second kappa shape index (κ2) is 26.5. The predicted octanol–water partition coefficient (Wildman–Crippen LogP) is 6.99. The number of unbranched alkanes of at least 4 members (excludes halogenated alkanes) is 14. The number of nitrogens with zero attached hydrogens (tertiary/aromatic N) is 8. The van der Waals surface area contributed by atoms with Gasteiger partial charge in [0, 0.05) is 39.6 Å². The molecule has 6 heterocycles. The van der Waals surface area contributed by atoms with Crippen LogP contribution >= 0.6 is 7.82 Å². The quantitative estimate of drug-likeness (QED) is 0.0292. The number of amides is 1. The topological polar surface area (TPSA) is 281 Å². The number of anilines is 2. The van der Waals surface area contributed by atoms with Crippen molar-refractivity contribution in [1.82, 2.24) is 43.9 Å². The lowest BCUT2D eigenvalue weighted by Gasteiger charge is -2.31. The van der Waals surface area contributed by atoms with Crippen molar-refractivity contribution in [3.8, 4) is 0 Å². The summed E-state index contributed by atoms with van der Waals surface area (Å²) in [5.41, 5.74) is 12.5. The van der Waals surface area contributed by atoms with E-state index in [0.29, 0.717) is 24.1 Å². The van der Waals surface area contributed by atoms with E-state index >= 15 is 4.79 Å². The summed E-state index contributed by atoms with van der Waals surface area (Å²) in [5.74, 6) is -0.682. The third-order valence-corrected chi connectivity index (χ3v) is 14.3. The number of carbonyl (C=O) groups excluding carboxylic acids is 1. The van der Waals surface area contributed by atoms with Gasteiger partial charge in [0.1, 0.15) is 36.3 Å². The molecule has 0 radical (unpaired) electrons. The van der Waals surface area contributed by atoms with Gasteiger partial charge in [-0.3, -0.25) is 32.8 Å². The van der Waals surface area contributed by atoms with Gasteiger partial charge in [-0.1, -0.05) is 96.8 Å². The van der Waals surface area contributed by atoms with Gasteiger partial charge in [0.25, 0.3) is 5.56 Å². The van der Waals surface area contributed by atoms with E-state index in [1.165, 1.54) is 88.5 Å². The number of hydrogen-bond donors (Lipinski definition) is 4. The molecular weight excluding hydrogens is 926 g/mol. The third-order valence-electron chi connectivity index (χ3n) is 13.1. The number of aromatic nitrogens is 8. The van der Waals surface area contributed by atoms with Gasteiger partial charge in [0.15, 0.2) is 35.1 Å². The van der Waals surface area contributed by atoms with Gasteiger partial charge in [-0.2, -0.15) is 4.98 Å². The standard InChI is InChI=1S/C47H78N11O11P/c1-8-9-10-11-12-13-14-15-16-17-18-19-20-21-22-23-56(35(59)24-32-34(26-65-30(2)3)67-45(38(32)63-6)57-28-52-36-41(48)50-27-51-42(36)57)25-33-39(69-70(61,62)68-31(4)5)40(64-7)46(66-33)58-29-53-37-43(58)54-47(49)55-44(37)60/h27-34,38-40,45-46H,8-26H2,1-7H3,(H,61,62)(H2,48,50,51)(H3,49,54,55,60)/t32-,33-,34-,38-,39-,40-,45-,46-/m1/s1. The van der Waals surface area contributed by atoms with E-state index in [4.69, 9.17) is 44.2 Å². The molecule has 1 unspecified atom stereocenters. The van der Waals surface area contributed by atoms with Crippen LogP contribution in [-0.4, -0.2) is 131 Å². The van der Waals surface area contributed by atoms with Crippen molar-refractivity contribution in [3.05, 3.63) is 29.3 Å². The highest BCUT2D eigenvalue weighted by molar-refractivity contribution is 7.47. The second-order valence-electron chi connectivity index (χ2n) is 19.1. The average Bonchev–Trinajstić information content (AvgIpc) is 4.09. The van der Waals surface area contributed by atoms with Gasteiger partial charge >= 0.3 is 7.82 Å². The summed E-state index contributed by atoms with van der Waals surface area (Å²) in [6.45, 7) is 9.76. The average molecular weight is 1000 g/mol. The molecule has 1 amide bonds. The van der Waals surface area contributed by atoms with Crippen molar-refractivity contribution in [2.45, 2.75) is 193 Å². The van der Waals surface area contributed by atoms with E-state index in [-0.39, 0.29) is 54.5 Å². The largest absolute Gasteiger partial charge is 0.472 e. The number of methoxy groups -OCH3 is 2. The smallest absolute Gasteiger partial charge is 0.382 e. The monoisotopic (exact) mass is 1000 g/mol. The Balaban J connectivity index is 1.23. The number of aromatic amines is 1. The van der Waals surface area contributed by atoms with Gasteiger partial charge < -0.3 is 44.9 Å². The summed E-state index contributed by atoms with van der Waals surface area (Å²) < 4.78 is 59.7. The van der Waals surface area contributed by atoms with E-state index in [9.17, 15) is 14.3 Å². The Morgan fingerprint density at radius 3 is 1.96 bits per heavy atom. The van der Waals surface area contributed by atoms with Crippen molar-refractivity contribution < 1.29 is 47.0 Å². The fourth-order valence-electron chi connectivity index (χ4n) is 9.62. The molecule has 23 heteroatoms. The molecule has 4 aromatic heterocycles. The van der Waals surface area contributed by atoms with Crippen LogP contribution < -0.4 is 17.0 Å². The van der Waals surface area contributed by atoms with Gasteiger partial charge in [0.05, 0.1) is 37.6 Å². The van der Waals surface area contributed by atoms with Crippen molar-refractivity contribution >= 4 is 47.8 Å². The lowest BCUT2D eigenvalue weighted by Crippen LogP contribution is -2.46. The number of nitrogens with one attached hydrogen (secondary N) is 1. The molecule has 392 valence electrons. The molecule has 22 nitrogen and oxygen atoms in total. The molecule has 2 aliphatic heterocycles. The van der Waals surface area contributed by atoms with Crippen LogP contribution in [0.25, 0.3) is 22.3 Å². The van der Waals surface area contributed by atoms with Crippen molar-refractivity contribution in [2.75, 3.05) is 45.4 Å². The number of ether oxygens (including phenoxy) is 5. The highest BCUT2D eigenvalue weighted by Gasteiger charge is 2.52. The van der Waals surface area contributed by atoms with E-state index in [2.05, 4.69) is 36.8 Å². The fourth-order valence-corrected chi connectivity index (χ4v) is 10.8. The van der Waals surface area contributed by atoms with Crippen LogP contribution in [0.3, 0.4) is 0 Å². The Morgan fingerprint density at radius 2 is 1.36 bits per heavy atom. The summed E-state index contributed by atoms with van der Waals surface area (Å²) in [6.07, 6.45) is 14.8. The molecule has 6 rings (SSSR count).